The molecule has 0 N–H and O–H groups in total. The third kappa shape index (κ3) is 1.81. The molecule has 58 valence electrons. The Kier molecular flexibility index (Phi) is 1.82. The first kappa shape index (κ1) is 7.73. The van der Waals surface area contributed by atoms with Crippen molar-refractivity contribution in [3.63, 3.8) is 0 Å². The van der Waals surface area contributed by atoms with Crippen LogP contribution in [0.4, 0.5) is 0 Å². The number of hydrogen-bond donors (Lipinski definition) is 0. The fraction of sp³-hybridized carbons (Fsp3) is 0.875. The van der Waals surface area contributed by atoms with Crippen molar-refractivity contribution >= 4 is 5.78 Å². The van der Waals surface area contributed by atoms with Gasteiger partial charge in [0.2, 0.25) is 0 Å². The van der Waals surface area contributed by atoms with Gasteiger partial charge in [-0.15, -0.1) is 0 Å². The molecule has 0 saturated carbocycles. The molecular weight excluding hydrogens is 128 g/mol. The first-order chi connectivity index (χ1) is 4.52. The van der Waals surface area contributed by atoms with Gasteiger partial charge in [-0.25, -0.2) is 0 Å². The molecule has 0 aromatic carbocycles. The van der Waals surface area contributed by atoms with Crippen LogP contribution in [0, 0.1) is 0 Å². The smallest absolute Gasteiger partial charge is 0.129 e. The van der Waals surface area contributed by atoms with E-state index in [1.54, 1.807) is 6.92 Å². The highest BCUT2D eigenvalue weighted by molar-refractivity contribution is 5.75. The average Bonchev–Trinajstić information content (AvgIpc) is 2.35. The SMILES string of the molecule is CC(=O)CCC1OC1(C)C. The Labute approximate surface area is 61.6 Å². The van der Waals surface area contributed by atoms with Gasteiger partial charge in [-0.05, 0) is 27.2 Å². The van der Waals surface area contributed by atoms with Gasteiger partial charge in [-0.3, -0.25) is 0 Å². The van der Waals surface area contributed by atoms with E-state index >= 15 is 0 Å². The van der Waals surface area contributed by atoms with Crippen LogP contribution in [0.5, 0.6) is 0 Å². The van der Waals surface area contributed by atoms with Crippen LogP contribution in [0.15, 0.2) is 0 Å². The minimum absolute atomic E-state index is 0.0510. The molecule has 0 aromatic heterocycles. The molecule has 0 bridgehead atoms. The summed E-state index contributed by atoms with van der Waals surface area (Å²) >= 11 is 0. The van der Waals surface area contributed by atoms with Crippen molar-refractivity contribution in [2.24, 2.45) is 0 Å². The van der Waals surface area contributed by atoms with Crippen molar-refractivity contribution in [2.45, 2.75) is 45.3 Å². The second kappa shape index (κ2) is 2.35. The van der Waals surface area contributed by atoms with Gasteiger partial charge in [0, 0.05) is 6.42 Å². The molecule has 0 aromatic rings. The van der Waals surface area contributed by atoms with Gasteiger partial charge in [0.25, 0.3) is 0 Å². The Hall–Kier alpha value is -0.370. The maximum atomic E-state index is 10.5. The Morgan fingerprint density at radius 1 is 1.60 bits per heavy atom. The lowest BCUT2D eigenvalue weighted by Gasteiger charge is -1.93. The first-order valence-electron chi connectivity index (χ1n) is 3.69. The quantitative estimate of drug-likeness (QED) is 0.559. The topological polar surface area (TPSA) is 29.6 Å². The fourth-order valence-electron chi connectivity index (χ4n) is 1.07. The van der Waals surface area contributed by atoms with Crippen LogP contribution in [-0.4, -0.2) is 17.5 Å². The Balaban J connectivity index is 2.13. The van der Waals surface area contributed by atoms with Gasteiger partial charge in [-0.1, -0.05) is 0 Å². The molecule has 1 unspecified atom stereocenters. The minimum atomic E-state index is 0.0510. The Morgan fingerprint density at radius 3 is 2.40 bits per heavy atom. The zero-order valence-electron chi connectivity index (χ0n) is 6.81. The van der Waals surface area contributed by atoms with E-state index in [9.17, 15) is 4.79 Å². The molecule has 2 heteroatoms. The van der Waals surface area contributed by atoms with Crippen molar-refractivity contribution in [3.05, 3.63) is 0 Å². The Morgan fingerprint density at radius 2 is 2.10 bits per heavy atom. The summed E-state index contributed by atoms with van der Waals surface area (Å²) in [5.41, 5.74) is 0.0510. The number of hydrogen-bond acceptors (Lipinski definition) is 2. The van der Waals surface area contributed by atoms with E-state index in [1.807, 2.05) is 0 Å². The van der Waals surface area contributed by atoms with Gasteiger partial charge >= 0.3 is 0 Å². The van der Waals surface area contributed by atoms with Crippen LogP contribution in [0.1, 0.15) is 33.6 Å². The van der Waals surface area contributed by atoms with Crippen LogP contribution in [0.3, 0.4) is 0 Å². The maximum Gasteiger partial charge on any atom is 0.129 e. The number of epoxide rings is 1. The lowest BCUT2D eigenvalue weighted by molar-refractivity contribution is -0.117. The third-order valence-electron chi connectivity index (χ3n) is 1.92. The zero-order valence-corrected chi connectivity index (χ0v) is 6.81. The van der Waals surface area contributed by atoms with Crippen molar-refractivity contribution in [2.75, 3.05) is 0 Å². The fourth-order valence-corrected chi connectivity index (χ4v) is 1.07. The van der Waals surface area contributed by atoms with Crippen LogP contribution >= 0.6 is 0 Å². The molecule has 0 amide bonds. The number of carbonyl (C=O) groups excluding carboxylic acids is 1. The summed E-state index contributed by atoms with van der Waals surface area (Å²) in [5, 5.41) is 0. The predicted octanol–water partition coefficient (Wildman–Crippen LogP) is 1.53. The van der Waals surface area contributed by atoms with Crippen molar-refractivity contribution in [3.8, 4) is 0 Å². The molecule has 1 aliphatic heterocycles. The number of Topliss-reactive ketones (excluding diaryl/α,β-unsaturated/α-hetero) is 1. The number of carbonyl (C=O) groups is 1. The van der Waals surface area contributed by atoms with Gasteiger partial charge in [0.1, 0.15) is 5.78 Å². The summed E-state index contributed by atoms with van der Waals surface area (Å²) in [4.78, 5) is 10.5. The van der Waals surface area contributed by atoms with Crippen LogP contribution in [-0.2, 0) is 9.53 Å². The van der Waals surface area contributed by atoms with Crippen LogP contribution < -0.4 is 0 Å². The minimum Gasteiger partial charge on any atom is -0.367 e. The monoisotopic (exact) mass is 142 g/mol. The summed E-state index contributed by atoms with van der Waals surface area (Å²) in [6.07, 6.45) is 1.88. The lowest BCUT2D eigenvalue weighted by atomic mass is 10.1. The molecule has 0 spiro atoms. The molecule has 1 fully saturated rings. The molecule has 1 aliphatic rings. The standard InChI is InChI=1S/C8H14O2/c1-6(9)4-5-7-8(2,3)10-7/h7H,4-5H2,1-3H3. The van der Waals surface area contributed by atoms with E-state index in [-0.39, 0.29) is 11.4 Å². The molecule has 1 rings (SSSR count). The highest BCUT2D eigenvalue weighted by Crippen LogP contribution is 2.38. The van der Waals surface area contributed by atoms with Gasteiger partial charge in [-0.2, -0.15) is 0 Å². The molecule has 2 nitrogen and oxygen atoms in total. The van der Waals surface area contributed by atoms with E-state index < -0.39 is 0 Å². The lowest BCUT2D eigenvalue weighted by Crippen LogP contribution is -2.04. The van der Waals surface area contributed by atoms with E-state index in [1.165, 1.54) is 0 Å². The molecule has 0 aliphatic carbocycles. The molecule has 1 atom stereocenters. The number of ketones is 1. The second-order valence-corrected chi connectivity index (χ2v) is 3.45. The highest BCUT2D eigenvalue weighted by atomic mass is 16.6. The summed E-state index contributed by atoms with van der Waals surface area (Å²) in [7, 11) is 0. The van der Waals surface area contributed by atoms with Crippen molar-refractivity contribution in [1.29, 1.82) is 0 Å². The zero-order chi connectivity index (χ0) is 7.78. The Bertz CT molecular complexity index is 149. The molecule has 0 radical (unpaired) electrons. The molecular formula is C8H14O2. The van der Waals surface area contributed by atoms with Crippen LogP contribution in [0.2, 0.25) is 0 Å². The van der Waals surface area contributed by atoms with E-state index in [0.29, 0.717) is 12.5 Å². The maximum absolute atomic E-state index is 10.5. The van der Waals surface area contributed by atoms with Crippen molar-refractivity contribution < 1.29 is 9.53 Å². The van der Waals surface area contributed by atoms with Crippen molar-refractivity contribution in [1.82, 2.24) is 0 Å². The highest BCUT2D eigenvalue weighted by Gasteiger charge is 2.46. The van der Waals surface area contributed by atoms with E-state index in [2.05, 4.69) is 13.8 Å². The summed E-state index contributed by atoms with van der Waals surface area (Å²) < 4.78 is 5.30. The van der Waals surface area contributed by atoms with Gasteiger partial charge in [0.05, 0.1) is 11.7 Å². The third-order valence-corrected chi connectivity index (χ3v) is 1.92. The summed E-state index contributed by atoms with van der Waals surface area (Å²) in [6, 6.07) is 0. The molecule has 1 heterocycles. The largest absolute Gasteiger partial charge is 0.367 e. The van der Waals surface area contributed by atoms with E-state index in [0.717, 1.165) is 6.42 Å². The summed E-state index contributed by atoms with van der Waals surface area (Å²) in [6.45, 7) is 5.73. The molecule has 1 saturated heterocycles. The average molecular weight is 142 g/mol. The van der Waals surface area contributed by atoms with Crippen LogP contribution in [0.25, 0.3) is 0 Å². The molecule has 10 heavy (non-hydrogen) atoms. The first-order valence-corrected chi connectivity index (χ1v) is 3.69. The van der Waals surface area contributed by atoms with Gasteiger partial charge < -0.3 is 9.53 Å². The second-order valence-electron chi connectivity index (χ2n) is 3.45. The predicted molar refractivity (Wildman–Crippen MR) is 38.9 cm³/mol. The number of rotatable bonds is 3. The van der Waals surface area contributed by atoms with E-state index in [4.69, 9.17) is 4.74 Å². The normalized spacial score (nSPS) is 28.1. The summed E-state index contributed by atoms with van der Waals surface area (Å²) in [5.74, 6) is 0.256. The number of ether oxygens (including phenoxy) is 1. The van der Waals surface area contributed by atoms with Gasteiger partial charge in [0.15, 0.2) is 0 Å².